The zero-order valence-corrected chi connectivity index (χ0v) is 13.4. The van der Waals surface area contributed by atoms with Crippen molar-refractivity contribution in [3.8, 4) is 0 Å². The molecule has 0 bridgehead atoms. The molecule has 2 aliphatic heterocycles. The second-order valence-corrected chi connectivity index (χ2v) is 6.68. The number of hydrogen-bond donors (Lipinski definition) is 2. The maximum atomic E-state index is 12.8. The molecule has 3 aromatic heterocycles. The van der Waals surface area contributed by atoms with Crippen molar-refractivity contribution < 1.29 is 4.79 Å². The van der Waals surface area contributed by atoms with Crippen LogP contribution in [0.2, 0.25) is 0 Å². The van der Waals surface area contributed by atoms with Crippen LogP contribution in [-0.4, -0.2) is 38.7 Å². The van der Waals surface area contributed by atoms with E-state index in [1.165, 1.54) is 0 Å². The van der Waals surface area contributed by atoms with Gasteiger partial charge in [-0.1, -0.05) is 0 Å². The van der Waals surface area contributed by atoms with Crippen molar-refractivity contribution in [3.05, 3.63) is 36.4 Å². The number of piperidine rings is 1. The Morgan fingerprint density at radius 2 is 2.08 bits per heavy atom. The second-order valence-electron chi connectivity index (χ2n) is 6.68. The van der Waals surface area contributed by atoms with Crippen LogP contribution in [0, 0.1) is 0 Å². The summed E-state index contributed by atoms with van der Waals surface area (Å²) in [5, 5.41) is 8.35. The summed E-state index contributed by atoms with van der Waals surface area (Å²) in [6.45, 7) is 1.68. The minimum atomic E-state index is -0.447. The van der Waals surface area contributed by atoms with E-state index in [1.807, 2.05) is 36.4 Å². The number of anilines is 2. The van der Waals surface area contributed by atoms with E-state index in [4.69, 9.17) is 0 Å². The van der Waals surface area contributed by atoms with Gasteiger partial charge in [-0.3, -0.25) is 9.48 Å². The summed E-state index contributed by atoms with van der Waals surface area (Å²) in [5.41, 5.74) is 3.50. The molecular formula is C17H18N6O. The number of aromatic nitrogens is 4. The van der Waals surface area contributed by atoms with Gasteiger partial charge in [0.2, 0.25) is 5.91 Å². The maximum absolute atomic E-state index is 12.8. The van der Waals surface area contributed by atoms with Gasteiger partial charge in [-0.25, -0.2) is 4.98 Å². The first-order valence-corrected chi connectivity index (χ1v) is 8.19. The largest absolute Gasteiger partial charge is 0.369 e. The van der Waals surface area contributed by atoms with Crippen molar-refractivity contribution >= 4 is 28.3 Å². The molecule has 3 aromatic rings. The van der Waals surface area contributed by atoms with Gasteiger partial charge in [0.15, 0.2) is 0 Å². The normalized spacial score (nSPS) is 19.0. The predicted molar refractivity (Wildman–Crippen MR) is 91.1 cm³/mol. The average molecular weight is 322 g/mol. The van der Waals surface area contributed by atoms with Crippen LogP contribution in [0.1, 0.15) is 18.4 Å². The molecule has 1 fully saturated rings. The van der Waals surface area contributed by atoms with E-state index in [0.29, 0.717) is 0 Å². The van der Waals surface area contributed by atoms with Crippen LogP contribution in [0.5, 0.6) is 0 Å². The number of aryl methyl sites for hydroxylation is 1. The van der Waals surface area contributed by atoms with Gasteiger partial charge in [0.05, 0.1) is 29.2 Å². The summed E-state index contributed by atoms with van der Waals surface area (Å²) in [4.78, 5) is 22.7. The Hall–Kier alpha value is -2.83. The lowest BCUT2D eigenvalue weighted by atomic mass is 9.73. The molecule has 7 heteroatoms. The number of hydrogen-bond acceptors (Lipinski definition) is 4. The van der Waals surface area contributed by atoms with Crippen molar-refractivity contribution in [3.63, 3.8) is 0 Å². The fourth-order valence-electron chi connectivity index (χ4n) is 4.17. The Kier molecular flexibility index (Phi) is 2.60. The molecule has 7 nitrogen and oxygen atoms in total. The molecule has 0 atom stereocenters. The van der Waals surface area contributed by atoms with Gasteiger partial charge >= 0.3 is 0 Å². The first-order chi connectivity index (χ1) is 11.7. The Morgan fingerprint density at radius 3 is 2.83 bits per heavy atom. The molecule has 1 amide bonds. The van der Waals surface area contributed by atoms with Gasteiger partial charge in [0, 0.05) is 43.5 Å². The third kappa shape index (κ3) is 1.69. The van der Waals surface area contributed by atoms with E-state index >= 15 is 0 Å². The molecule has 24 heavy (non-hydrogen) atoms. The molecule has 0 aliphatic carbocycles. The second kappa shape index (κ2) is 4.59. The van der Waals surface area contributed by atoms with Crippen molar-refractivity contribution in [1.82, 2.24) is 19.7 Å². The fraction of sp³-hybridized carbons (Fsp3) is 0.353. The van der Waals surface area contributed by atoms with Crippen LogP contribution in [-0.2, 0) is 17.3 Å². The van der Waals surface area contributed by atoms with E-state index in [2.05, 4.69) is 25.3 Å². The van der Waals surface area contributed by atoms with Crippen LogP contribution in [0.15, 0.2) is 30.9 Å². The molecule has 0 unspecified atom stereocenters. The van der Waals surface area contributed by atoms with Crippen LogP contribution in [0.25, 0.3) is 11.0 Å². The number of aromatic amines is 1. The Labute approximate surface area is 138 Å². The number of amides is 1. The minimum Gasteiger partial charge on any atom is -0.369 e. The van der Waals surface area contributed by atoms with Crippen LogP contribution < -0.4 is 10.2 Å². The van der Waals surface area contributed by atoms with Crippen LogP contribution >= 0.6 is 0 Å². The molecule has 5 rings (SSSR count). The van der Waals surface area contributed by atoms with Gasteiger partial charge < -0.3 is 15.2 Å². The lowest BCUT2D eigenvalue weighted by molar-refractivity contribution is -0.121. The number of nitrogens with one attached hydrogen (secondary N) is 2. The van der Waals surface area contributed by atoms with Crippen molar-refractivity contribution in [2.45, 2.75) is 18.3 Å². The van der Waals surface area contributed by atoms with E-state index in [0.717, 1.165) is 53.9 Å². The third-order valence-corrected chi connectivity index (χ3v) is 5.42. The zero-order chi connectivity index (χ0) is 16.3. The lowest BCUT2D eigenvalue weighted by Crippen LogP contribution is -2.46. The molecular weight excluding hydrogens is 304 g/mol. The Morgan fingerprint density at radius 1 is 1.25 bits per heavy atom. The molecule has 0 saturated carbocycles. The summed E-state index contributed by atoms with van der Waals surface area (Å²) in [7, 11) is 1.92. The summed E-state index contributed by atoms with van der Waals surface area (Å²) >= 11 is 0. The molecule has 1 spiro atoms. The Balaban J connectivity index is 1.54. The first-order valence-electron chi connectivity index (χ1n) is 8.19. The average Bonchev–Trinajstić information content (AvgIpc) is 3.28. The van der Waals surface area contributed by atoms with Crippen LogP contribution in [0.3, 0.4) is 0 Å². The fourth-order valence-corrected chi connectivity index (χ4v) is 4.17. The highest BCUT2D eigenvalue weighted by Gasteiger charge is 2.49. The highest BCUT2D eigenvalue weighted by Crippen LogP contribution is 2.47. The summed E-state index contributed by atoms with van der Waals surface area (Å²) < 4.78 is 1.81. The molecule has 122 valence electrons. The number of pyridine rings is 1. The van der Waals surface area contributed by atoms with Gasteiger partial charge in [-0.05, 0) is 18.9 Å². The van der Waals surface area contributed by atoms with Gasteiger partial charge in [-0.2, -0.15) is 5.10 Å². The summed E-state index contributed by atoms with van der Waals surface area (Å²) in [6, 6.07) is 2.02. The van der Waals surface area contributed by atoms with Gasteiger partial charge in [0.1, 0.15) is 5.65 Å². The molecule has 0 aromatic carbocycles. The number of H-pyrrole nitrogens is 1. The lowest BCUT2D eigenvalue weighted by Gasteiger charge is -2.38. The van der Waals surface area contributed by atoms with E-state index in [9.17, 15) is 4.79 Å². The number of fused-ring (bicyclic) bond motifs is 4. The zero-order valence-electron chi connectivity index (χ0n) is 13.4. The van der Waals surface area contributed by atoms with E-state index in [-0.39, 0.29) is 5.91 Å². The van der Waals surface area contributed by atoms with Crippen molar-refractivity contribution in [2.75, 3.05) is 23.3 Å². The number of nitrogens with zero attached hydrogens (tertiary/aromatic N) is 4. The molecule has 2 N–H and O–H groups in total. The van der Waals surface area contributed by atoms with Crippen molar-refractivity contribution in [1.29, 1.82) is 0 Å². The molecule has 5 heterocycles. The first kappa shape index (κ1) is 13.6. The minimum absolute atomic E-state index is 0.110. The van der Waals surface area contributed by atoms with Crippen molar-refractivity contribution in [2.24, 2.45) is 7.05 Å². The van der Waals surface area contributed by atoms with Crippen LogP contribution in [0.4, 0.5) is 11.4 Å². The Bertz CT molecular complexity index is 947. The quantitative estimate of drug-likeness (QED) is 0.716. The number of rotatable bonds is 1. The SMILES string of the molecule is Cn1cc(N2CCC3(CC2)C(=O)Nc2cnc4[nH]ccc4c23)cn1. The maximum Gasteiger partial charge on any atom is 0.235 e. The molecule has 1 saturated heterocycles. The smallest absolute Gasteiger partial charge is 0.235 e. The van der Waals surface area contributed by atoms with Gasteiger partial charge in [-0.15, -0.1) is 0 Å². The molecule has 2 aliphatic rings. The summed E-state index contributed by atoms with van der Waals surface area (Å²) in [5.74, 6) is 0.110. The highest BCUT2D eigenvalue weighted by molar-refractivity contribution is 6.10. The highest BCUT2D eigenvalue weighted by atomic mass is 16.2. The topological polar surface area (TPSA) is 78.8 Å². The standard InChI is InChI=1S/C17H18N6O/c1-22-10-11(8-20-22)23-6-3-17(4-7-23)14-12-2-5-18-15(12)19-9-13(14)21-16(17)24/h2,5,8-10H,3-4,6-7H2,1H3,(H,18,19)(H,21,24). The number of carbonyl (C=O) groups excluding carboxylic acids is 1. The third-order valence-electron chi connectivity index (χ3n) is 5.42. The van der Waals surface area contributed by atoms with Gasteiger partial charge in [0.25, 0.3) is 0 Å². The summed E-state index contributed by atoms with van der Waals surface area (Å²) in [6.07, 6.45) is 9.16. The number of carbonyl (C=O) groups is 1. The van der Waals surface area contributed by atoms with E-state index < -0.39 is 5.41 Å². The monoisotopic (exact) mass is 322 g/mol. The predicted octanol–water partition coefficient (Wildman–Crippen LogP) is 1.79. The van der Waals surface area contributed by atoms with E-state index in [1.54, 1.807) is 6.20 Å². The molecule has 0 radical (unpaired) electrons.